The van der Waals surface area contributed by atoms with Crippen LogP contribution in [0, 0.1) is 0 Å². The van der Waals surface area contributed by atoms with E-state index >= 15 is 0 Å². The van der Waals surface area contributed by atoms with Crippen molar-refractivity contribution >= 4 is 10.9 Å². The fourth-order valence-corrected chi connectivity index (χ4v) is 2.48. The summed E-state index contributed by atoms with van der Waals surface area (Å²) in [6.45, 7) is 4.56. The number of benzene rings is 1. The molecule has 0 spiro atoms. The van der Waals surface area contributed by atoms with Crippen LogP contribution in [0.1, 0.15) is 18.3 Å². The summed E-state index contributed by atoms with van der Waals surface area (Å²) in [5.41, 5.74) is 2.37. The van der Waals surface area contributed by atoms with E-state index in [-0.39, 0.29) is 0 Å². The van der Waals surface area contributed by atoms with Gasteiger partial charge in [0.05, 0.1) is 12.1 Å². The molecule has 0 saturated carbocycles. The van der Waals surface area contributed by atoms with Gasteiger partial charge < -0.3 is 5.32 Å². The van der Waals surface area contributed by atoms with Crippen molar-refractivity contribution in [2.45, 2.75) is 26.4 Å². The first-order valence-electron chi connectivity index (χ1n) is 7.28. The second kappa shape index (κ2) is 6.45. The highest BCUT2D eigenvalue weighted by Gasteiger charge is 2.03. The zero-order valence-electron chi connectivity index (χ0n) is 12.2. The quantitative estimate of drug-likeness (QED) is 0.704. The van der Waals surface area contributed by atoms with E-state index in [1.165, 1.54) is 10.9 Å². The van der Waals surface area contributed by atoms with Gasteiger partial charge in [-0.3, -0.25) is 4.98 Å². The topological polar surface area (TPSA) is 55.6 Å². The van der Waals surface area contributed by atoms with Crippen LogP contribution in [0.4, 0.5) is 0 Å². The molecule has 5 nitrogen and oxygen atoms in total. The van der Waals surface area contributed by atoms with Gasteiger partial charge in [0.25, 0.3) is 0 Å². The van der Waals surface area contributed by atoms with Crippen LogP contribution >= 0.6 is 0 Å². The smallest absolute Gasteiger partial charge is 0.140 e. The maximum absolute atomic E-state index is 4.48. The first kappa shape index (κ1) is 13.7. The van der Waals surface area contributed by atoms with E-state index in [9.17, 15) is 0 Å². The standard InChI is InChI=1S/C16H19N5/c1-2-21-15(19-12-20-21)11-17-10-8-14-6-3-5-13-7-4-9-18-16(13)14/h3-7,9,12,17H,2,8,10-11H2,1H3. The number of nitrogens with zero attached hydrogens (tertiary/aromatic N) is 4. The predicted molar refractivity (Wildman–Crippen MR) is 82.8 cm³/mol. The Kier molecular flexibility index (Phi) is 4.21. The SMILES string of the molecule is CCn1ncnc1CNCCc1cccc2cccnc12. The van der Waals surface area contributed by atoms with Gasteiger partial charge in [0.2, 0.25) is 0 Å². The minimum absolute atomic E-state index is 0.742. The van der Waals surface area contributed by atoms with Crippen LogP contribution in [-0.2, 0) is 19.5 Å². The van der Waals surface area contributed by atoms with Gasteiger partial charge in [0, 0.05) is 18.1 Å². The Hall–Kier alpha value is -2.27. The number of aromatic nitrogens is 4. The molecule has 21 heavy (non-hydrogen) atoms. The molecule has 2 heterocycles. The van der Waals surface area contributed by atoms with E-state index in [4.69, 9.17) is 0 Å². The van der Waals surface area contributed by atoms with Crippen LogP contribution in [0.2, 0.25) is 0 Å². The molecule has 1 aromatic carbocycles. The van der Waals surface area contributed by atoms with Gasteiger partial charge in [0.15, 0.2) is 0 Å². The highest BCUT2D eigenvalue weighted by Crippen LogP contribution is 2.15. The van der Waals surface area contributed by atoms with E-state index < -0.39 is 0 Å². The summed E-state index contributed by atoms with van der Waals surface area (Å²) in [4.78, 5) is 8.74. The van der Waals surface area contributed by atoms with E-state index in [1.54, 1.807) is 6.33 Å². The Bertz CT molecular complexity index is 714. The van der Waals surface area contributed by atoms with Crippen LogP contribution in [0.5, 0.6) is 0 Å². The number of hydrogen-bond acceptors (Lipinski definition) is 4. The molecule has 2 aromatic heterocycles. The molecule has 0 bridgehead atoms. The molecule has 0 radical (unpaired) electrons. The Labute approximate surface area is 124 Å². The molecule has 0 aliphatic heterocycles. The normalized spacial score (nSPS) is 11.1. The molecule has 108 valence electrons. The third-order valence-electron chi connectivity index (χ3n) is 3.57. The van der Waals surface area contributed by atoms with Crippen molar-refractivity contribution in [3.8, 4) is 0 Å². The minimum Gasteiger partial charge on any atom is -0.310 e. The molecule has 1 N–H and O–H groups in total. The molecule has 3 aromatic rings. The third-order valence-corrected chi connectivity index (χ3v) is 3.57. The number of hydrogen-bond donors (Lipinski definition) is 1. The van der Waals surface area contributed by atoms with Gasteiger partial charge in [-0.1, -0.05) is 24.3 Å². The fourth-order valence-electron chi connectivity index (χ4n) is 2.48. The lowest BCUT2D eigenvalue weighted by atomic mass is 10.1. The lowest BCUT2D eigenvalue weighted by Gasteiger charge is -2.07. The van der Waals surface area contributed by atoms with E-state index in [0.717, 1.165) is 37.4 Å². The van der Waals surface area contributed by atoms with Crippen LogP contribution in [0.25, 0.3) is 10.9 Å². The van der Waals surface area contributed by atoms with Gasteiger partial charge >= 0.3 is 0 Å². The molecule has 0 unspecified atom stereocenters. The minimum atomic E-state index is 0.742. The molecule has 5 heteroatoms. The van der Waals surface area contributed by atoms with Crippen LogP contribution < -0.4 is 5.32 Å². The summed E-state index contributed by atoms with van der Waals surface area (Å²) < 4.78 is 1.91. The molecular formula is C16H19N5. The molecule has 0 atom stereocenters. The predicted octanol–water partition coefficient (Wildman–Crippen LogP) is 2.18. The van der Waals surface area contributed by atoms with Crippen molar-refractivity contribution in [2.75, 3.05) is 6.54 Å². The summed E-state index contributed by atoms with van der Waals surface area (Å²) in [6, 6.07) is 10.4. The molecule has 0 aliphatic rings. The van der Waals surface area contributed by atoms with Crippen LogP contribution in [0.15, 0.2) is 42.9 Å². The zero-order chi connectivity index (χ0) is 14.5. The van der Waals surface area contributed by atoms with E-state index in [2.05, 4.69) is 51.6 Å². The first-order chi connectivity index (χ1) is 10.4. The van der Waals surface area contributed by atoms with Crippen molar-refractivity contribution in [1.82, 2.24) is 25.1 Å². The van der Waals surface area contributed by atoms with Crippen molar-refractivity contribution in [1.29, 1.82) is 0 Å². The number of para-hydroxylation sites is 1. The molecule has 0 amide bonds. The van der Waals surface area contributed by atoms with E-state index in [1.807, 2.05) is 16.9 Å². The largest absolute Gasteiger partial charge is 0.310 e. The Balaban J connectivity index is 1.60. The Morgan fingerprint density at radius 2 is 2.05 bits per heavy atom. The third kappa shape index (κ3) is 3.08. The number of nitrogens with one attached hydrogen (secondary N) is 1. The highest BCUT2D eigenvalue weighted by atomic mass is 15.3. The first-order valence-corrected chi connectivity index (χ1v) is 7.28. The maximum atomic E-state index is 4.48. The Morgan fingerprint density at radius 3 is 2.95 bits per heavy atom. The average Bonchev–Trinajstić information content (AvgIpc) is 2.99. The van der Waals surface area contributed by atoms with Gasteiger partial charge in [-0.15, -0.1) is 0 Å². The zero-order valence-corrected chi connectivity index (χ0v) is 12.2. The number of rotatable bonds is 6. The van der Waals surface area contributed by atoms with Crippen molar-refractivity contribution in [3.63, 3.8) is 0 Å². The highest BCUT2D eigenvalue weighted by molar-refractivity contribution is 5.81. The lowest BCUT2D eigenvalue weighted by Crippen LogP contribution is -2.20. The second-order valence-electron chi connectivity index (χ2n) is 4.91. The number of fused-ring (bicyclic) bond motifs is 1. The lowest BCUT2D eigenvalue weighted by molar-refractivity contribution is 0.573. The monoisotopic (exact) mass is 281 g/mol. The Morgan fingerprint density at radius 1 is 1.14 bits per heavy atom. The molecule has 3 rings (SSSR count). The molecule has 0 aliphatic carbocycles. The van der Waals surface area contributed by atoms with Crippen LogP contribution in [0.3, 0.4) is 0 Å². The van der Waals surface area contributed by atoms with Crippen LogP contribution in [-0.4, -0.2) is 26.3 Å². The summed E-state index contributed by atoms with van der Waals surface area (Å²) in [7, 11) is 0. The second-order valence-corrected chi connectivity index (χ2v) is 4.91. The van der Waals surface area contributed by atoms with Gasteiger partial charge in [-0.05, 0) is 31.5 Å². The van der Waals surface area contributed by atoms with Gasteiger partial charge in [-0.25, -0.2) is 9.67 Å². The fraction of sp³-hybridized carbons (Fsp3) is 0.312. The van der Waals surface area contributed by atoms with Gasteiger partial charge in [-0.2, -0.15) is 5.10 Å². The summed E-state index contributed by atoms with van der Waals surface area (Å²) in [5.74, 6) is 0.980. The molecule has 0 saturated heterocycles. The molecule has 0 fully saturated rings. The van der Waals surface area contributed by atoms with Gasteiger partial charge in [0.1, 0.15) is 12.2 Å². The van der Waals surface area contributed by atoms with E-state index in [0.29, 0.717) is 0 Å². The van der Waals surface area contributed by atoms with Crippen molar-refractivity contribution < 1.29 is 0 Å². The maximum Gasteiger partial charge on any atom is 0.140 e. The van der Waals surface area contributed by atoms with Crippen molar-refractivity contribution in [2.24, 2.45) is 0 Å². The summed E-state index contributed by atoms with van der Waals surface area (Å²) >= 11 is 0. The number of aryl methyl sites for hydroxylation is 1. The summed E-state index contributed by atoms with van der Waals surface area (Å²) in [5, 5.41) is 8.79. The molecular weight excluding hydrogens is 262 g/mol. The van der Waals surface area contributed by atoms with Crippen molar-refractivity contribution in [3.05, 3.63) is 54.2 Å². The summed E-state index contributed by atoms with van der Waals surface area (Å²) in [6.07, 6.45) is 4.41. The number of pyridine rings is 1. The average molecular weight is 281 g/mol.